The van der Waals surface area contributed by atoms with Crippen LogP contribution in [-0.2, 0) is 13.1 Å². The van der Waals surface area contributed by atoms with Crippen LogP contribution in [0.2, 0.25) is 0 Å². The van der Waals surface area contributed by atoms with E-state index in [1.165, 1.54) is 16.5 Å². The summed E-state index contributed by atoms with van der Waals surface area (Å²) in [5.74, 6) is 0. The number of piperazine rings is 1. The van der Waals surface area contributed by atoms with Gasteiger partial charge in [0, 0.05) is 57.0 Å². The Bertz CT molecular complexity index is 862. The van der Waals surface area contributed by atoms with E-state index in [9.17, 15) is 5.11 Å². The molecule has 0 aliphatic carbocycles. The molecule has 0 saturated carbocycles. The first kappa shape index (κ1) is 18.1. The Kier molecular flexibility index (Phi) is 5.78. The van der Waals surface area contributed by atoms with Gasteiger partial charge in [0.1, 0.15) is 0 Å². The van der Waals surface area contributed by atoms with Crippen LogP contribution in [0.25, 0.3) is 10.9 Å². The lowest BCUT2D eigenvalue weighted by molar-refractivity contribution is 0.0501. The van der Waals surface area contributed by atoms with Crippen LogP contribution in [0.5, 0.6) is 0 Å². The topological polar surface area (TPSA) is 39.6 Å². The van der Waals surface area contributed by atoms with E-state index < -0.39 is 0 Å². The van der Waals surface area contributed by atoms with E-state index in [1.807, 2.05) is 12.3 Å². The highest BCUT2D eigenvalue weighted by Gasteiger charge is 2.26. The van der Waals surface area contributed by atoms with E-state index in [0.29, 0.717) is 6.04 Å². The average Bonchev–Trinajstić information content (AvgIpc) is 2.71. The van der Waals surface area contributed by atoms with Gasteiger partial charge >= 0.3 is 0 Å². The number of aliphatic hydroxyl groups excluding tert-OH is 1. The fourth-order valence-corrected chi connectivity index (χ4v) is 4.09. The van der Waals surface area contributed by atoms with Crippen LogP contribution in [0.4, 0.5) is 0 Å². The zero-order chi connectivity index (χ0) is 18.5. The van der Waals surface area contributed by atoms with Crippen LogP contribution in [0, 0.1) is 0 Å². The lowest BCUT2D eigenvalue weighted by atomic mass is 10.0. The maximum Gasteiger partial charge on any atom is 0.0746 e. The zero-order valence-corrected chi connectivity index (χ0v) is 15.7. The summed E-state index contributed by atoms with van der Waals surface area (Å²) in [5.41, 5.74) is 3.73. The second-order valence-electron chi connectivity index (χ2n) is 7.35. The van der Waals surface area contributed by atoms with E-state index in [2.05, 4.69) is 69.4 Å². The van der Waals surface area contributed by atoms with Crippen molar-refractivity contribution in [1.29, 1.82) is 0 Å². The van der Waals surface area contributed by atoms with Crippen LogP contribution in [-0.4, -0.2) is 52.2 Å². The molecule has 4 heteroatoms. The number of benzene rings is 2. The Balaban J connectivity index is 1.46. The molecule has 3 aromatic rings. The number of hydrogen-bond donors (Lipinski definition) is 1. The number of pyridine rings is 1. The second-order valence-corrected chi connectivity index (χ2v) is 7.35. The number of para-hydroxylation sites is 1. The molecule has 27 heavy (non-hydrogen) atoms. The first-order chi connectivity index (χ1) is 13.3. The van der Waals surface area contributed by atoms with Crippen molar-refractivity contribution in [2.75, 3.05) is 26.2 Å². The Morgan fingerprint density at radius 3 is 2.63 bits per heavy atom. The van der Waals surface area contributed by atoms with Crippen LogP contribution in [0.1, 0.15) is 17.5 Å². The summed E-state index contributed by atoms with van der Waals surface area (Å²) < 4.78 is 0. The summed E-state index contributed by atoms with van der Waals surface area (Å²) in [6.07, 6.45) is 2.69. The molecule has 0 radical (unpaired) electrons. The Labute approximate surface area is 161 Å². The number of aliphatic hydroxyl groups is 1. The summed E-state index contributed by atoms with van der Waals surface area (Å²) in [7, 11) is 0. The van der Waals surface area contributed by atoms with Crippen LogP contribution in [0.3, 0.4) is 0 Å². The molecule has 140 valence electrons. The molecule has 1 atom stereocenters. The minimum atomic E-state index is 0.236. The van der Waals surface area contributed by atoms with Gasteiger partial charge in [0.05, 0.1) is 5.52 Å². The van der Waals surface area contributed by atoms with Gasteiger partial charge in [-0.15, -0.1) is 0 Å². The third kappa shape index (κ3) is 4.35. The average molecular weight is 361 g/mol. The molecule has 1 aliphatic heterocycles. The Hall–Kier alpha value is -2.27. The molecule has 0 amide bonds. The molecule has 0 spiro atoms. The normalized spacial score (nSPS) is 18.8. The summed E-state index contributed by atoms with van der Waals surface area (Å²) in [5, 5.41) is 10.8. The minimum absolute atomic E-state index is 0.236. The van der Waals surface area contributed by atoms with Gasteiger partial charge in [-0.05, 0) is 23.6 Å². The van der Waals surface area contributed by atoms with E-state index in [1.54, 1.807) is 0 Å². The monoisotopic (exact) mass is 361 g/mol. The van der Waals surface area contributed by atoms with Gasteiger partial charge in [0.2, 0.25) is 0 Å². The van der Waals surface area contributed by atoms with Crippen molar-refractivity contribution in [3.63, 3.8) is 0 Å². The molecular weight excluding hydrogens is 334 g/mol. The lowest BCUT2D eigenvalue weighted by Crippen LogP contribution is -2.52. The quantitative estimate of drug-likeness (QED) is 0.731. The van der Waals surface area contributed by atoms with Gasteiger partial charge in [0.25, 0.3) is 0 Å². The van der Waals surface area contributed by atoms with Gasteiger partial charge < -0.3 is 5.11 Å². The van der Waals surface area contributed by atoms with Gasteiger partial charge in [-0.2, -0.15) is 0 Å². The zero-order valence-electron chi connectivity index (χ0n) is 15.7. The third-order valence-electron chi connectivity index (χ3n) is 5.49. The molecular formula is C23H27N3O. The van der Waals surface area contributed by atoms with Crippen molar-refractivity contribution < 1.29 is 5.11 Å². The summed E-state index contributed by atoms with van der Waals surface area (Å²) >= 11 is 0. The van der Waals surface area contributed by atoms with E-state index in [0.717, 1.165) is 44.7 Å². The van der Waals surface area contributed by atoms with Crippen molar-refractivity contribution in [2.24, 2.45) is 0 Å². The van der Waals surface area contributed by atoms with E-state index in [-0.39, 0.29) is 6.61 Å². The molecule has 1 saturated heterocycles. The number of fused-ring (bicyclic) bond motifs is 1. The molecule has 2 aromatic carbocycles. The Morgan fingerprint density at radius 2 is 1.78 bits per heavy atom. The standard InChI is InChI=1S/C23H27N3O/c27-15-11-22-18-25(13-14-26(22)16-19-6-2-1-3-7-19)17-21-9-4-8-20-10-5-12-24-23(20)21/h1-10,12,22,27H,11,13-18H2/t22-/m1/s1. The fourth-order valence-electron chi connectivity index (χ4n) is 4.09. The predicted molar refractivity (Wildman–Crippen MR) is 109 cm³/mol. The van der Waals surface area contributed by atoms with Gasteiger partial charge in [-0.3, -0.25) is 14.8 Å². The van der Waals surface area contributed by atoms with Crippen LogP contribution in [0.15, 0.2) is 66.9 Å². The van der Waals surface area contributed by atoms with Gasteiger partial charge in [-0.25, -0.2) is 0 Å². The predicted octanol–water partition coefficient (Wildman–Crippen LogP) is 3.30. The van der Waals surface area contributed by atoms with Gasteiger partial charge in [0.15, 0.2) is 0 Å². The molecule has 0 bridgehead atoms. The van der Waals surface area contributed by atoms with Crippen molar-refractivity contribution in [2.45, 2.75) is 25.6 Å². The molecule has 1 fully saturated rings. The van der Waals surface area contributed by atoms with Crippen molar-refractivity contribution in [3.05, 3.63) is 78.0 Å². The molecule has 0 unspecified atom stereocenters. The lowest BCUT2D eigenvalue weighted by Gasteiger charge is -2.41. The summed E-state index contributed by atoms with van der Waals surface area (Å²) in [6, 6.07) is 21.6. The number of aromatic nitrogens is 1. The van der Waals surface area contributed by atoms with Gasteiger partial charge in [-0.1, -0.05) is 54.6 Å². The molecule has 1 N–H and O–H groups in total. The van der Waals surface area contributed by atoms with Crippen molar-refractivity contribution >= 4 is 10.9 Å². The highest BCUT2D eigenvalue weighted by molar-refractivity contribution is 5.81. The molecule has 1 aromatic heterocycles. The highest BCUT2D eigenvalue weighted by atomic mass is 16.3. The molecule has 1 aliphatic rings. The third-order valence-corrected chi connectivity index (χ3v) is 5.49. The van der Waals surface area contributed by atoms with E-state index >= 15 is 0 Å². The van der Waals surface area contributed by atoms with Crippen molar-refractivity contribution in [1.82, 2.24) is 14.8 Å². The number of hydrogen-bond acceptors (Lipinski definition) is 4. The summed E-state index contributed by atoms with van der Waals surface area (Å²) in [4.78, 5) is 9.62. The van der Waals surface area contributed by atoms with Crippen molar-refractivity contribution in [3.8, 4) is 0 Å². The molecule has 4 nitrogen and oxygen atoms in total. The second kappa shape index (κ2) is 8.61. The highest BCUT2D eigenvalue weighted by Crippen LogP contribution is 2.21. The Morgan fingerprint density at radius 1 is 0.926 bits per heavy atom. The first-order valence-electron chi connectivity index (χ1n) is 9.77. The SMILES string of the molecule is OCC[C@@H]1CN(Cc2cccc3cccnc23)CCN1Cc1ccccc1. The maximum atomic E-state index is 9.56. The number of nitrogens with zero attached hydrogens (tertiary/aromatic N) is 3. The van der Waals surface area contributed by atoms with Crippen LogP contribution < -0.4 is 0 Å². The first-order valence-corrected chi connectivity index (χ1v) is 9.77. The smallest absolute Gasteiger partial charge is 0.0746 e. The maximum absolute atomic E-state index is 9.56. The molecule has 2 heterocycles. The molecule has 4 rings (SSSR count). The van der Waals surface area contributed by atoms with Crippen LogP contribution >= 0.6 is 0 Å². The largest absolute Gasteiger partial charge is 0.396 e. The van der Waals surface area contributed by atoms with E-state index in [4.69, 9.17) is 0 Å². The summed E-state index contributed by atoms with van der Waals surface area (Å²) in [6.45, 7) is 5.15. The number of rotatable bonds is 6. The minimum Gasteiger partial charge on any atom is -0.396 e. The fraction of sp³-hybridized carbons (Fsp3) is 0.348.